The Morgan fingerprint density at radius 2 is 1.81 bits per heavy atom. The van der Waals surface area contributed by atoms with Gasteiger partial charge in [0.05, 0.1) is 11.6 Å². The maximum absolute atomic E-state index is 4.51. The molecule has 0 aliphatic carbocycles. The lowest BCUT2D eigenvalue weighted by Gasteiger charge is -2.37. The van der Waals surface area contributed by atoms with Crippen molar-refractivity contribution < 1.29 is 0 Å². The second-order valence-corrected chi connectivity index (χ2v) is 6.16. The summed E-state index contributed by atoms with van der Waals surface area (Å²) in [5.41, 5.74) is 0.918. The van der Waals surface area contributed by atoms with Crippen molar-refractivity contribution >= 4 is 16.9 Å². The van der Waals surface area contributed by atoms with Crippen LogP contribution in [0.1, 0.15) is 25.7 Å². The van der Waals surface area contributed by atoms with E-state index in [-0.39, 0.29) is 0 Å². The molecule has 0 N–H and O–H groups in total. The molecule has 4 rings (SSSR count). The molecular formula is C15H22N6. The van der Waals surface area contributed by atoms with E-state index in [4.69, 9.17) is 0 Å². The predicted octanol–water partition coefficient (Wildman–Crippen LogP) is 1.43. The highest BCUT2D eigenvalue weighted by Gasteiger charge is 2.27. The van der Waals surface area contributed by atoms with Gasteiger partial charge in [-0.3, -0.25) is 4.68 Å². The van der Waals surface area contributed by atoms with Crippen LogP contribution in [-0.4, -0.2) is 56.9 Å². The van der Waals surface area contributed by atoms with E-state index < -0.39 is 0 Å². The maximum Gasteiger partial charge on any atom is 0.163 e. The van der Waals surface area contributed by atoms with Crippen LogP contribution >= 0.6 is 0 Å². The lowest BCUT2D eigenvalue weighted by molar-refractivity contribution is 0.208. The molecule has 2 aromatic heterocycles. The number of anilines is 1. The average molecular weight is 286 g/mol. The Bertz CT molecular complexity index is 622. The molecule has 0 bridgehead atoms. The van der Waals surface area contributed by atoms with Crippen molar-refractivity contribution in [1.29, 1.82) is 0 Å². The van der Waals surface area contributed by atoms with Gasteiger partial charge >= 0.3 is 0 Å². The summed E-state index contributed by atoms with van der Waals surface area (Å²) in [4.78, 5) is 13.9. The third-order valence-corrected chi connectivity index (χ3v) is 4.93. The summed E-state index contributed by atoms with van der Waals surface area (Å²) in [6.07, 6.45) is 8.78. The number of rotatable bonds is 2. The van der Waals surface area contributed by atoms with Crippen molar-refractivity contribution in [2.75, 3.05) is 31.1 Å². The van der Waals surface area contributed by atoms with Crippen molar-refractivity contribution in [3.05, 3.63) is 12.5 Å². The third kappa shape index (κ3) is 2.27. The zero-order chi connectivity index (χ0) is 14.2. The molecule has 2 aliphatic heterocycles. The first-order valence-electron chi connectivity index (χ1n) is 7.94. The van der Waals surface area contributed by atoms with Gasteiger partial charge in [0.25, 0.3) is 0 Å². The summed E-state index contributed by atoms with van der Waals surface area (Å²) < 4.78 is 1.82. The minimum Gasteiger partial charge on any atom is -0.356 e. The van der Waals surface area contributed by atoms with Crippen LogP contribution in [0.25, 0.3) is 11.0 Å². The van der Waals surface area contributed by atoms with Crippen LogP contribution in [-0.2, 0) is 7.05 Å². The first-order chi connectivity index (χ1) is 10.3. The van der Waals surface area contributed by atoms with Gasteiger partial charge in [0.15, 0.2) is 5.65 Å². The zero-order valence-electron chi connectivity index (χ0n) is 12.6. The van der Waals surface area contributed by atoms with E-state index in [1.807, 2.05) is 17.9 Å². The molecule has 0 spiro atoms. The van der Waals surface area contributed by atoms with E-state index in [0.29, 0.717) is 0 Å². The molecule has 0 radical (unpaired) electrons. The molecule has 0 amide bonds. The number of nitrogens with zero attached hydrogens (tertiary/aromatic N) is 6. The minimum absolute atomic E-state index is 0.773. The minimum atomic E-state index is 0.773. The van der Waals surface area contributed by atoms with Crippen molar-refractivity contribution in [1.82, 2.24) is 24.6 Å². The summed E-state index contributed by atoms with van der Waals surface area (Å²) in [5, 5.41) is 5.38. The van der Waals surface area contributed by atoms with E-state index in [1.54, 1.807) is 6.33 Å². The van der Waals surface area contributed by atoms with Crippen LogP contribution in [0.15, 0.2) is 12.5 Å². The number of aromatic nitrogens is 4. The Morgan fingerprint density at radius 1 is 1.05 bits per heavy atom. The van der Waals surface area contributed by atoms with Gasteiger partial charge < -0.3 is 9.80 Å². The molecule has 0 unspecified atom stereocenters. The van der Waals surface area contributed by atoms with Crippen LogP contribution in [0.5, 0.6) is 0 Å². The molecule has 112 valence electrons. The highest BCUT2D eigenvalue weighted by Crippen LogP contribution is 2.27. The van der Waals surface area contributed by atoms with Crippen molar-refractivity contribution in [2.45, 2.75) is 31.7 Å². The van der Waals surface area contributed by atoms with Crippen LogP contribution in [0.2, 0.25) is 0 Å². The SMILES string of the molecule is Cn1ncc2c(N3CCC(N4CCCC4)CC3)ncnc21. The van der Waals surface area contributed by atoms with Gasteiger partial charge in [0, 0.05) is 26.2 Å². The molecule has 0 saturated carbocycles. The molecular weight excluding hydrogens is 264 g/mol. The Morgan fingerprint density at radius 3 is 2.57 bits per heavy atom. The Kier molecular flexibility index (Phi) is 3.25. The summed E-state index contributed by atoms with van der Waals surface area (Å²) in [6, 6.07) is 0.773. The molecule has 21 heavy (non-hydrogen) atoms. The van der Waals surface area contributed by atoms with E-state index in [2.05, 4.69) is 24.9 Å². The molecule has 2 saturated heterocycles. The fraction of sp³-hybridized carbons (Fsp3) is 0.667. The van der Waals surface area contributed by atoms with Crippen LogP contribution in [0.4, 0.5) is 5.82 Å². The van der Waals surface area contributed by atoms with Crippen molar-refractivity contribution in [2.24, 2.45) is 7.05 Å². The molecule has 0 atom stereocenters. The first kappa shape index (κ1) is 13.0. The molecule has 2 aliphatic rings. The van der Waals surface area contributed by atoms with Gasteiger partial charge in [0.1, 0.15) is 12.1 Å². The fourth-order valence-corrected chi connectivity index (χ4v) is 3.75. The largest absolute Gasteiger partial charge is 0.356 e. The molecule has 6 nitrogen and oxygen atoms in total. The van der Waals surface area contributed by atoms with E-state index >= 15 is 0 Å². The average Bonchev–Trinajstić information content (AvgIpc) is 3.18. The van der Waals surface area contributed by atoms with Gasteiger partial charge in [0.2, 0.25) is 0 Å². The number of likely N-dealkylation sites (tertiary alicyclic amines) is 1. The van der Waals surface area contributed by atoms with Gasteiger partial charge in [-0.05, 0) is 38.8 Å². The first-order valence-corrected chi connectivity index (χ1v) is 7.94. The highest BCUT2D eigenvalue weighted by atomic mass is 15.3. The Labute approximate surface area is 124 Å². The Balaban J connectivity index is 1.52. The second-order valence-electron chi connectivity index (χ2n) is 6.16. The lowest BCUT2D eigenvalue weighted by Crippen LogP contribution is -2.44. The fourth-order valence-electron chi connectivity index (χ4n) is 3.75. The van der Waals surface area contributed by atoms with Gasteiger partial charge in [-0.2, -0.15) is 5.10 Å². The summed E-state index contributed by atoms with van der Waals surface area (Å²) in [5.74, 6) is 1.05. The highest BCUT2D eigenvalue weighted by molar-refractivity contribution is 5.86. The van der Waals surface area contributed by atoms with Gasteiger partial charge in [-0.25, -0.2) is 9.97 Å². The second kappa shape index (κ2) is 5.26. The molecule has 4 heterocycles. The Hall–Kier alpha value is -1.69. The van der Waals surface area contributed by atoms with Gasteiger partial charge in [-0.15, -0.1) is 0 Å². The van der Waals surface area contributed by atoms with E-state index in [9.17, 15) is 0 Å². The van der Waals surface area contributed by atoms with Crippen LogP contribution < -0.4 is 4.90 Å². The standard InChI is InChI=1S/C15H22N6/c1-19-14-13(10-18-19)15(17-11-16-14)21-8-4-12(5-9-21)20-6-2-3-7-20/h10-12H,2-9H2,1H3. The molecule has 0 aromatic carbocycles. The van der Waals surface area contributed by atoms with Gasteiger partial charge in [-0.1, -0.05) is 0 Å². The summed E-state index contributed by atoms with van der Waals surface area (Å²) >= 11 is 0. The maximum atomic E-state index is 4.51. The third-order valence-electron chi connectivity index (χ3n) is 4.93. The summed E-state index contributed by atoms with van der Waals surface area (Å²) in [6.45, 7) is 4.76. The number of fused-ring (bicyclic) bond motifs is 1. The van der Waals surface area contributed by atoms with Crippen LogP contribution in [0, 0.1) is 0 Å². The molecule has 6 heteroatoms. The topological polar surface area (TPSA) is 50.1 Å². The number of piperidine rings is 1. The normalized spacial score (nSPS) is 21.5. The number of hydrogen-bond donors (Lipinski definition) is 0. The summed E-state index contributed by atoms with van der Waals surface area (Å²) in [7, 11) is 1.93. The number of hydrogen-bond acceptors (Lipinski definition) is 5. The van der Waals surface area contributed by atoms with Crippen molar-refractivity contribution in [3.63, 3.8) is 0 Å². The quantitative estimate of drug-likeness (QED) is 0.836. The van der Waals surface area contributed by atoms with Crippen molar-refractivity contribution in [3.8, 4) is 0 Å². The molecule has 2 aromatic rings. The van der Waals surface area contributed by atoms with E-state index in [0.717, 1.165) is 36.0 Å². The molecule has 2 fully saturated rings. The smallest absolute Gasteiger partial charge is 0.163 e. The number of aryl methyl sites for hydroxylation is 1. The van der Waals surface area contributed by atoms with Crippen LogP contribution in [0.3, 0.4) is 0 Å². The zero-order valence-corrected chi connectivity index (χ0v) is 12.6. The predicted molar refractivity (Wildman–Crippen MR) is 82.3 cm³/mol. The van der Waals surface area contributed by atoms with E-state index in [1.165, 1.54) is 38.8 Å². The monoisotopic (exact) mass is 286 g/mol. The lowest BCUT2D eigenvalue weighted by atomic mass is 10.0.